The Kier molecular flexibility index (Phi) is 4.99. The van der Waals surface area contributed by atoms with E-state index in [0.29, 0.717) is 12.0 Å². The Morgan fingerprint density at radius 1 is 1.19 bits per heavy atom. The number of nitrogens with zero attached hydrogens (tertiary/aromatic N) is 4. The predicted octanol–water partition coefficient (Wildman–Crippen LogP) is 2.85. The molecule has 0 fully saturated rings. The van der Waals surface area contributed by atoms with E-state index in [2.05, 4.69) is 19.4 Å². The summed E-state index contributed by atoms with van der Waals surface area (Å²) >= 11 is 0. The summed E-state index contributed by atoms with van der Waals surface area (Å²) in [6.07, 6.45) is 3.76. The van der Waals surface area contributed by atoms with E-state index < -0.39 is 0 Å². The molecule has 0 aliphatic heterocycles. The van der Waals surface area contributed by atoms with Gasteiger partial charge >= 0.3 is 0 Å². The van der Waals surface area contributed by atoms with Gasteiger partial charge in [0.1, 0.15) is 17.3 Å². The summed E-state index contributed by atoms with van der Waals surface area (Å²) in [6.45, 7) is 0.762. The van der Waals surface area contributed by atoms with Crippen LogP contribution in [0.25, 0.3) is 11.3 Å². The van der Waals surface area contributed by atoms with Gasteiger partial charge in [0.25, 0.3) is 0 Å². The first-order chi connectivity index (χ1) is 12.5. The first kappa shape index (κ1) is 17.6. The molecule has 0 spiro atoms. The van der Waals surface area contributed by atoms with Crippen LogP contribution in [0.4, 0.5) is 0 Å². The fourth-order valence-corrected chi connectivity index (χ4v) is 2.58. The summed E-state index contributed by atoms with van der Waals surface area (Å²) in [4.78, 5) is 21.3. The van der Waals surface area contributed by atoms with E-state index in [0.717, 1.165) is 23.6 Å². The molecule has 26 heavy (non-hydrogen) atoms. The van der Waals surface area contributed by atoms with Crippen LogP contribution in [0.2, 0.25) is 0 Å². The molecule has 7 heteroatoms. The van der Waals surface area contributed by atoms with Gasteiger partial charge in [-0.15, -0.1) is 0 Å². The third-order valence-electron chi connectivity index (χ3n) is 3.93. The molecule has 0 radical (unpaired) electrons. The standard InChI is InChI=1S/C19H20N4O3/c1-22(2)11-18-20-10-16(23(18)3)13-4-6-15(7-5-13)26-17-8-19(25)21-9-14(17)12-24/h4-10,12H,11H2,1-3H3,(H,21,25). The fourth-order valence-electron chi connectivity index (χ4n) is 2.58. The maximum absolute atomic E-state index is 11.1. The molecule has 0 bridgehead atoms. The number of aldehydes is 1. The lowest BCUT2D eigenvalue weighted by Crippen LogP contribution is -2.14. The second-order valence-corrected chi connectivity index (χ2v) is 6.18. The first-order valence-corrected chi connectivity index (χ1v) is 8.05. The number of rotatable bonds is 6. The Morgan fingerprint density at radius 3 is 2.58 bits per heavy atom. The second-order valence-electron chi connectivity index (χ2n) is 6.18. The molecule has 0 amide bonds. The highest BCUT2D eigenvalue weighted by atomic mass is 16.5. The van der Waals surface area contributed by atoms with Crippen molar-refractivity contribution >= 4 is 6.29 Å². The maximum atomic E-state index is 11.1. The number of hydrogen-bond acceptors (Lipinski definition) is 6. The summed E-state index contributed by atoms with van der Waals surface area (Å²) in [7, 11) is 6.00. The second kappa shape index (κ2) is 7.37. The predicted molar refractivity (Wildman–Crippen MR) is 97.4 cm³/mol. The third-order valence-corrected chi connectivity index (χ3v) is 3.93. The minimum atomic E-state index is -0.203. The van der Waals surface area contributed by atoms with Crippen LogP contribution < -0.4 is 4.74 Å². The van der Waals surface area contributed by atoms with Crippen molar-refractivity contribution in [1.29, 1.82) is 0 Å². The molecule has 2 aromatic heterocycles. The summed E-state index contributed by atoms with van der Waals surface area (Å²) in [5.41, 5.74) is 2.28. The zero-order valence-electron chi connectivity index (χ0n) is 14.9. The molecule has 0 saturated carbocycles. The lowest BCUT2D eigenvalue weighted by molar-refractivity contribution is 0.112. The molecule has 0 aliphatic carbocycles. The van der Waals surface area contributed by atoms with Crippen molar-refractivity contribution in [3.05, 3.63) is 54.1 Å². The van der Waals surface area contributed by atoms with Crippen LogP contribution in [0.1, 0.15) is 16.2 Å². The molecule has 7 nitrogen and oxygen atoms in total. The highest BCUT2D eigenvalue weighted by molar-refractivity contribution is 5.79. The van der Waals surface area contributed by atoms with Gasteiger partial charge < -0.3 is 19.3 Å². The smallest absolute Gasteiger partial charge is 0.214 e. The van der Waals surface area contributed by atoms with Gasteiger partial charge in [0.2, 0.25) is 5.88 Å². The average Bonchev–Trinajstić information content (AvgIpc) is 2.96. The molecule has 3 aromatic rings. The lowest BCUT2D eigenvalue weighted by Gasteiger charge is -2.11. The van der Waals surface area contributed by atoms with E-state index in [1.54, 1.807) is 12.1 Å². The minimum absolute atomic E-state index is 0.203. The van der Waals surface area contributed by atoms with Crippen LogP contribution in [0.5, 0.6) is 17.4 Å². The zero-order chi connectivity index (χ0) is 18.7. The van der Waals surface area contributed by atoms with Crippen LogP contribution in [0, 0.1) is 0 Å². The normalized spacial score (nSPS) is 10.9. The fraction of sp³-hybridized carbons (Fsp3) is 0.211. The Morgan fingerprint density at radius 2 is 1.92 bits per heavy atom. The number of aromatic hydroxyl groups is 1. The number of imidazole rings is 1. The molecular weight excluding hydrogens is 332 g/mol. The summed E-state index contributed by atoms with van der Waals surface area (Å²) < 4.78 is 7.76. The minimum Gasteiger partial charge on any atom is -0.493 e. The quantitative estimate of drug-likeness (QED) is 0.687. The van der Waals surface area contributed by atoms with E-state index >= 15 is 0 Å². The SMILES string of the molecule is CN(C)Cc1ncc(-c2ccc(Oc3cc(O)ncc3C=O)cc2)n1C. The number of carbonyl (C=O) groups is 1. The number of aromatic nitrogens is 3. The molecule has 0 atom stereocenters. The van der Waals surface area contributed by atoms with E-state index in [-0.39, 0.29) is 17.2 Å². The van der Waals surface area contributed by atoms with Crippen molar-refractivity contribution in [3.63, 3.8) is 0 Å². The number of benzene rings is 1. The van der Waals surface area contributed by atoms with Crippen molar-refractivity contribution in [2.24, 2.45) is 7.05 Å². The van der Waals surface area contributed by atoms with Crippen LogP contribution >= 0.6 is 0 Å². The van der Waals surface area contributed by atoms with Gasteiger partial charge in [-0.1, -0.05) is 0 Å². The zero-order valence-corrected chi connectivity index (χ0v) is 14.9. The van der Waals surface area contributed by atoms with E-state index in [1.165, 1.54) is 12.3 Å². The summed E-state index contributed by atoms with van der Waals surface area (Å²) in [5.74, 6) is 1.59. The summed E-state index contributed by atoms with van der Waals surface area (Å²) in [6, 6.07) is 8.77. The van der Waals surface area contributed by atoms with Crippen molar-refractivity contribution in [3.8, 4) is 28.6 Å². The third kappa shape index (κ3) is 3.73. The van der Waals surface area contributed by atoms with Crippen molar-refractivity contribution in [2.75, 3.05) is 14.1 Å². The van der Waals surface area contributed by atoms with Gasteiger partial charge in [-0.3, -0.25) is 4.79 Å². The molecule has 0 aliphatic rings. The van der Waals surface area contributed by atoms with Crippen molar-refractivity contribution in [2.45, 2.75) is 6.54 Å². The molecule has 2 heterocycles. The molecule has 0 unspecified atom stereocenters. The van der Waals surface area contributed by atoms with Crippen molar-refractivity contribution < 1.29 is 14.6 Å². The first-order valence-electron chi connectivity index (χ1n) is 8.05. The topological polar surface area (TPSA) is 80.5 Å². The highest BCUT2D eigenvalue weighted by Gasteiger charge is 2.11. The van der Waals surface area contributed by atoms with E-state index in [1.807, 2.05) is 39.5 Å². The van der Waals surface area contributed by atoms with Gasteiger partial charge in [-0.2, -0.15) is 0 Å². The molecule has 1 N–H and O–H groups in total. The highest BCUT2D eigenvalue weighted by Crippen LogP contribution is 2.29. The number of pyridine rings is 1. The maximum Gasteiger partial charge on any atom is 0.214 e. The Bertz CT molecular complexity index is 917. The van der Waals surface area contributed by atoms with Gasteiger partial charge in [0.15, 0.2) is 6.29 Å². The molecule has 134 valence electrons. The van der Waals surface area contributed by atoms with Crippen LogP contribution in [0.15, 0.2) is 42.7 Å². The van der Waals surface area contributed by atoms with E-state index in [4.69, 9.17) is 4.74 Å². The number of hydrogen-bond donors (Lipinski definition) is 1. The Balaban J connectivity index is 1.82. The Labute approximate surface area is 151 Å². The molecule has 1 aromatic carbocycles. The van der Waals surface area contributed by atoms with Gasteiger partial charge in [0.05, 0.1) is 24.0 Å². The van der Waals surface area contributed by atoms with E-state index in [9.17, 15) is 9.90 Å². The van der Waals surface area contributed by atoms with Crippen molar-refractivity contribution in [1.82, 2.24) is 19.4 Å². The molecular formula is C19H20N4O3. The average molecular weight is 352 g/mol. The van der Waals surface area contributed by atoms with Crippen LogP contribution in [-0.2, 0) is 13.6 Å². The number of ether oxygens (including phenoxy) is 1. The number of carbonyl (C=O) groups excluding carboxylic acids is 1. The molecule has 0 saturated heterocycles. The van der Waals surface area contributed by atoms with Gasteiger partial charge in [0, 0.05) is 24.9 Å². The van der Waals surface area contributed by atoms with Gasteiger partial charge in [-0.05, 0) is 38.4 Å². The van der Waals surface area contributed by atoms with Crippen LogP contribution in [-0.4, -0.2) is 44.9 Å². The van der Waals surface area contributed by atoms with Gasteiger partial charge in [-0.25, -0.2) is 9.97 Å². The Hall–Kier alpha value is -3.19. The summed E-state index contributed by atoms with van der Waals surface area (Å²) in [5, 5.41) is 9.48. The largest absolute Gasteiger partial charge is 0.493 e. The molecule has 3 rings (SSSR count). The monoisotopic (exact) mass is 352 g/mol. The van der Waals surface area contributed by atoms with Crippen LogP contribution in [0.3, 0.4) is 0 Å². The lowest BCUT2D eigenvalue weighted by atomic mass is 10.1.